The third-order valence-corrected chi connectivity index (χ3v) is 5.18. The zero-order valence-corrected chi connectivity index (χ0v) is 15.4. The first-order valence-corrected chi connectivity index (χ1v) is 9.24. The van der Waals surface area contributed by atoms with Gasteiger partial charge in [0.15, 0.2) is 0 Å². The maximum absolute atomic E-state index is 12.9. The van der Waals surface area contributed by atoms with Gasteiger partial charge in [-0.15, -0.1) is 0 Å². The molecule has 0 bridgehead atoms. The van der Waals surface area contributed by atoms with E-state index in [0.717, 1.165) is 31.9 Å². The lowest BCUT2D eigenvalue weighted by Gasteiger charge is -2.35. The average Bonchev–Trinajstić information content (AvgIpc) is 2.98. The molecular weight excluding hydrogens is 342 g/mol. The second-order valence-corrected chi connectivity index (χ2v) is 7.04. The molecule has 140 valence electrons. The van der Waals surface area contributed by atoms with E-state index in [9.17, 15) is 9.59 Å². The summed E-state index contributed by atoms with van der Waals surface area (Å²) in [5.74, 6) is 1.15. The van der Waals surface area contributed by atoms with Crippen LogP contribution in [0.15, 0.2) is 54.6 Å². The summed E-state index contributed by atoms with van der Waals surface area (Å²) in [6, 6.07) is 16.3. The normalized spacial score (nSPS) is 21.7. The third kappa shape index (κ3) is 3.72. The molecule has 4 rings (SSSR count). The first-order valence-electron chi connectivity index (χ1n) is 9.24. The van der Waals surface area contributed by atoms with E-state index in [4.69, 9.17) is 4.74 Å². The van der Waals surface area contributed by atoms with Gasteiger partial charge in [-0.05, 0) is 43.4 Å². The molecule has 0 saturated carbocycles. The lowest BCUT2D eigenvalue weighted by atomic mass is 10.2. The summed E-state index contributed by atoms with van der Waals surface area (Å²) in [5, 5.41) is 0. The summed E-state index contributed by atoms with van der Waals surface area (Å²) in [5.41, 5.74) is 0.599. The summed E-state index contributed by atoms with van der Waals surface area (Å²) >= 11 is 0. The van der Waals surface area contributed by atoms with E-state index in [2.05, 4.69) is 16.8 Å². The van der Waals surface area contributed by atoms with Gasteiger partial charge in [-0.25, -0.2) is 4.90 Å². The Morgan fingerprint density at radius 1 is 0.852 bits per heavy atom. The van der Waals surface area contributed by atoms with Crippen LogP contribution in [-0.2, 0) is 9.59 Å². The molecule has 27 heavy (non-hydrogen) atoms. The second-order valence-electron chi connectivity index (χ2n) is 7.04. The van der Waals surface area contributed by atoms with Gasteiger partial charge in [0.1, 0.15) is 11.5 Å². The Bertz CT molecular complexity index is 814. The van der Waals surface area contributed by atoms with Gasteiger partial charge >= 0.3 is 0 Å². The number of imide groups is 1. The predicted octanol–water partition coefficient (Wildman–Crippen LogP) is 2.36. The molecule has 0 unspecified atom stereocenters. The van der Waals surface area contributed by atoms with E-state index < -0.39 is 0 Å². The topological polar surface area (TPSA) is 53.1 Å². The van der Waals surface area contributed by atoms with E-state index in [1.165, 1.54) is 4.90 Å². The molecule has 0 radical (unpaired) electrons. The van der Waals surface area contributed by atoms with Gasteiger partial charge in [0.05, 0.1) is 18.2 Å². The van der Waals surface area contributed by atoms with Gasteiger partial charge in [0, 0.05) is 26.2 Å². The number of hydrogen-bond donors (Lipinski definition) is 0. The van der Waals surface area contributed by atoms with Crippen molar-refractivity contribution in [2.75, 3.05) is 38.1 Å². The van der Waals surface area contributed by atoms with Gasteiger partial charge in [-0.3, -0.25) is 14.5 Å². The molecule has 2 aliphatic rings. The van der Waals surface area contributed by atoms with E-state index in [1.807, 2.05) is 30.3 Å². The number of hydrogen-bond acceptors (Lipinski definition) is 5. The molecule has 2 amide bonds. The SMILES string of the molecule is CN1CCN([C@@H]2CC(=O)N(c3ccc(Oc4ccccc4)cc3)C2=O)CC1. The van der Waals surface area contributed by atoms with Gasteiger partial charge in [-0.1, -0.05) is 18.2 Å². The lowest BCUT2D eigenvalue weighted by molar-refractivity contribution is -0.123. The molecule has 6 heteroatoms. The highest BCUT2D eigenvalue weighted by Gasteiger charge is 2.43. The number of rotatable bonds is 4. The van der Waals surface area contributed by atoms with Crippen LogP contribution in [0.5, 0.6) is 11.5 Å². The minimum absolute atomic E-state index is 0.124. The number of piperazine rings is 1. The average molecular weight is 365 g/mol. The number of anilines is 1. The van der Waals surface area contributed by atoms with Crippen LogP contribution in [0.2, 0.25) is 0 Å². The van der Waals surface area contributed by atoms with E-state index in [0.29, 0.717) is 11.4 Å². The number of para-hydroxylation sites is 1. The highest BCUT2D eigenvalue weighted by molar-refractivity contribution is 6.22. The number of amides is 2. The molecule has 2 heterocycles. The fourth-order valence-corrected chi connectivity index (χ4v) is 3.59. The number of likely N-dealkylation sites (N-methyl/N-ethyl adjacent to an activating group) is 1. The van der Waals surface area contributed by atoms with Gasteiger partial charge < -0.3 is 9.64 Å². The Morgan fingerprint density at radius 2 is 1.48 bits per heavy atom. The van der Waals surface area contributed by atoms with Crippen molar-refractivity contribution in [3.63, 3.8) is 0 Å². The lowest BCUT2D eigenvalue weighted by Crippen LogP contribution is -2.51. The summed E-state index contributed by atoms with van der Waals surface area (Å²) in [6.45, 7) is 3.47. The molecule has 6 nitrogen and oxygen atoms in total. The summed E-state index contributed by atoms with van der Waals surface area (Å²) in [4.78, 5) is 31.1. The summed E-state index contributed by atoms with van der Waals surface area (Å²) < 4.78 is 5.77. The van der Waals surface area contributed by atoms with Gasteiger partial charge in [0.2, 0.25) is 5.91 Å². The molecule has 2 aliphatic heterocycles. The predicted molar refractivity (Wildman–Crippen MR) is 103 cm³/mol. The summed E-state index contributed by atoms with van der Waals surface area (Å²) in [7, 11) is 2.07. The maximum atomic E-state index is 12.9. The van der Waals surface area contributed by atoms with Crippen LogP contribution < -0.4 is 9.64 Å². The van der Waals surface area contributed by atoms with Crippen molar-refractivity contribution in [2.45, 2.75) is 12.5 Å². The fourth-order valence-electron chi connectivity index (χ4n) is 3.59. The standard InChI is InChI=1S/C21H23N3O3/c1-22-11-13-23(14-12-22)19-15-20(25)24(21(19)26)16-7-9-18(10-8-16)27-17-5-3-2-4-6-17/h2-10,19H,11-15H2,1H3/t19-/m1/s1. The Labute approximate surface area is 158 Å². The minimum Gasteiger partial charge on any atom is -0.457 e. The molecule has 0 N–H and O–H groups in total. The van der Waals surface area contributed by atoms with Crippen molar-refractivity contribution in [3.8, 4) is 11.5 Å². The largest absolute Gasteiger partial charge is 0.457 e. The Morgan fingerprint density at radius 3 is 2.15 bits per heavy atom. The number of nitrogens with zero attached hydrogens (tertiary/aromatic N) is 3. The van der Waals surface area contributed by atoms with Crippen LogP contribution in [0.3, 0.4) is 0 Å². The molecule has 2 aromatic carbocycles. The molecule has 2 aromatic rings. The Balaban J connectivity index is 1.46. The molecular formula is C21H23N3O3. The number of ether oxygens (including phenoxy) is 1. The third-order valence-electron chi connectivity index (χ3n) is 5.18. The van der Waals surface area contributed by atoms with E-state index >= 15 is 0 Å². The second kappa shape index (κ2) is 7.50. The smallest absolute Gasteiger partial charge is 0.251 e. The van der Waals surface area contributed by atoms with Crippen molar-refractivity contribution in [3.05, 3.63) is 54.6 Å². The van der Waals surface area contributed by atoms with Crippen molar-refractivity contribution < 1.29 is 14.3 Å². The van der Waals surface area contributed by atoms with Crippen molar-refractivity contribution in [1.29, 1.82) is 0 Å². The first-order chi connectivity index (χ1) is 13.1. The Hall–Kier alpha value is -2.70. The molecule has 0 aromatic heterocycles. The molecule has 2 fully saturated rings. The zero-order valence-electron chi connectivity index (χ0n) is 15.4. The van der Waals surface area contributed by atoms with Crippen LogP contribution in [0.1, 0.15) is 6.42 Å². The van der Waals surface area contributed by atoms with Gasteiger partial charge in [0.25, 0.3) is 5.91 Å². The summed E-state index contributed by atoms with van der Waals surface area (Å²) in [6.07, 6.45) is 0.255. The quantitative estimate of drug-likeness (QED) is 0.779. The van der Waals surface area contributed by atoms with Crippen LogP contribution in [0, 0.1) is 0 Å². The van der Waals surface area contributed by atoms with E-state index in [1.54, 1.807) is 24.3 Å². The maximum Gasteiger partial charge on any atom is 0.251 e. The fraction of sp³-hybridized carbons (Fsp3) is 0.333. The highest BCUT2D eigenvalue weighted by atomic mass is 16.5. The Kier molecular flexibility index (Phi) is 4.92. The number of carbonyl (C=O) groups excluding carboxylic acids is 2. The number of benzene rings is 2. The molecule has 0 aliphatic carbocycles. The van der Waals surface area contributed by atoms with Crippen molar-refractivity contribution in [2.24, 2.45) is 0 Å². The minimum atomic E-state index is -0.341. The van der Waals surface area contributed by atoms with Crippen LogP contribution >= 0.6 is 0 Å². The monoisotopic (exact) mass is 365 g/mol. The zero-order chi connectivity index (χ0) is 18.8. The molecule has 1 atom stereocenters. The van der Waals surface area contributed by atoms with Crippen molar-refractivity contribution >= 4 is 17.5 Å². The molecule has 0 spiro atoms. The molecule has 2 saturated heterocycles. The van der Waals surface area contributed by atoms with Gasteiger partial charge in [-0.2, -0.15) is 0 Å². The van der Waals surface area contributed by atoms with Crippen LogP contribution in [0.4, 0.5) is 5.69 Å². The van der Waals surface area contributed by atoms with Crippen LogP contribution in [-0.4, -0.2) is 60.9 Å². The van der Waals surface area contributed by atoms with E-state index in [-0.39, 0.29) is 24.3 Å². The number of carbonyl (C=O) groups is 2. The highest BCUT2D eigenvalue weighted by Crippen LogP contribution is 2.29. The first kappa shape index (κ1) is 17.7. The van der Waals surface area contributed by atoms with Crippen LogP contribution in [0.25, 0.3) is 0 Å². The van der Waals surface area contributed by atoms with Crippen molar-refractivity contribution in [1.82, 2.24) is 9.80 Å².